The predicted molar refractivity (Wildman–Crippen MR) is 228 cm³/mol. The number of hydrogen-bond acceptors (Lipinski definition) is 10. The molecule has 9 nitrogen and oxygen atoms in total. The van der Waals surface area contributed by atoms with Gasteiger partial charge in [-0.3, -0.25) is 9.88 Å². The highest BCUT2D eigenvalue weighted by Crippen LogP contribution is 2.43. The average Bonchev–Trinajstić information content (AvgIpc) is 3.22. The number of ether oxygens (including phenoxy) is 6. The summed E-state index contributed by atoms with van der Waals surface area (Å²) in [4.78, 5) is 11.1. The maximum atomic E-state index is 5.72. The minimum absolute atomic E-state index is 0. The lowest BCUT2D eigenvalue weighted by Crippen LogP contribution is -2.44. The molecule has 0 atom stereocenters. The van der Waals surface area contributed by atoms with E-state index in [-0.39, 0.29) is 24.8 Å². The van der Waals surface area contributed by atoms with Gasteiger partial charge in [-0.1, -0.05) is 30.3 Å². The molecule has 0 radical (unpaired) electrons. The largest absolute Gasteiger partial charge is 0.493 e. The topological polar surface area (TPSA) is 74.8 Å². The summed E-state index contributed by atoms with van der Waals surface area (Å²) in [5.41, 5.74) is 7.61. The second kappa shape index (κ2) is 20.4. The number of rotatable bonds is 15. The van der Waals surface area contributed by atoms with Crippen molar-refractivity contribution in [3.63, 3.8) is 0 Å². The minimum Gasteiger partial charge on any atom is -0.493 e. The lowest BCUT2D eigenvalue weighted by Gasteiger charge is -2.40. The number of thioether (sulfide) groups is 1. The van der Waals surface area contributed by atoms with Gasteiger partial charge in [-0.2, -0.15) is 0 Å². The van der Waals surface area contributed by atoms with Gasteiger partial charge < -0.3 is 33.3 Å². The quantitative estimate of drug-likeness (QED) is 0.0955. The number of benzene rings is 4. The Hall–Kier alpha value is -4.48. The summed E-state index contributed by atoms with van der Waals surface area (Å²) < 4.78 is 33.8. The summed E-state index contributed by atoms with van der Waals surface area (Å²) in [6, 6.07) is 30.1. The molecule has 0 aliphatic carbocycles. The third-order valence-corrected chi connectivity index (χ3v) is 10.6. The van der Waals surface area contributed by atoms with E-state index in [0.29, 0.717) is 40.5 Å². The normalized spacial score (nSPS) is 12.9. The first-order valence-electron chi connectivity index (χ1n) is 17.7. The Morgan fingerprint density at radius 1 is 0.673 bits per heavy atom. The summed E-state index contributed by atoms with van der Waals surface area (Å²) in [7, 11) is 9.81. The van der Waals surface area contributed by atoms with Crippen LogP contribution in [0.15, 0.2) is 96.0 Å². The van der Waals surface area contributed by atoms with Gasteiger partial charge in [-0.05, 0) is 95.9 Å². The second-order valence-corrected chi connectivity index (χ2v) is 13.8. The van der Waals surface area contributed by atoms with Crippen molar-refractivity contribution >= 4 is 42.3 Å². The van der Waals surface area contributed by atoms with E-state index >= 15 is 0 Å². The van der Waals surface area contributed by atoms with Crippen LogP contribution in [0.1, 0.15) is 24.0 Å². The van der Waals surface area contributed by atoms with Gasteiger partial charge in [-0.15, -0.1) is 36.6 Å². The molecule has 1 aromatic heterocycles. The molecule has 12 heteroatoms. The van der Waals surface area contributed by atoms with Crippen LogP contribution in [-0.2, 0) is 13.1 Å². The van der Waals surface area contributed by atoms with Crippen molar-refractivity contribution in [3.8, 4) is 56.9 Å². The fourth-order valence-electron chi connectivity index (χ4n) is 7.19. The number of pyridine rings is 1. The van der Waals surface area contributed by atoms with Gasteiger partial charge in [0.1, 0.15) is 0 Å². The van der Waals surface area contributed by atoms with Crippen LogP contribution >= 0.6 is 36.6 Å². The third kappa shape index (κ3) is 9.86. The molecule has 1 saturated heterocycles. The van der Waals surface area contributed by atoms with E-state index in [1.165, 1.54) is 21.7 Å². The van der Waals surface area contributed by atoms with Crippen molar-refractivity contribution in [2.75, 3.05) is 66.9 Å². The van der Waals surface area contributed by atoms with Crippen LogP contribution in [0.5, 0.6) is 34.5 Å². The summed E-state index contributed by atoms with van der Waals surface area (Å²) in [6.07, 6.45) is 6.10. The summed E-state index contributed by atoms with van der Waals surface area (Å²) in [5.74, 6) is 3.64. The number of aromatic nitrogens is 1. The van der Waals surface area contributed by atoms with Crippen molar-refractivity contribution in [1.29, 1.82) is 0 Å². The molecule has 4 aromatic carbocycles. The van der Waals surface area contributed by atoms with Crippen LogP contribution in [0, 0.1) is 0 Å². The van der Waals surface area contributed by atoms with Gasteiger partial charge in [0, 0.05) is 54.6 Å². The lowest BCUT2D eigenvalue weighted by molar-refractivity contribution is 0.201. The van der Waals surface area contributed by atoms with Gasteiger partial charge >= 0.3 is 0 Å². The Kier molecular flexibility index (Phi) is 16.1. The van der Waals surface area contributed by atoms with Crippen LogP contribution in [0.2, 0.25) is 0 Å². The second-order valence-electron chi connectivity index (χ2n) is 12.9. The molecular weight excluding hydrogens is 757 g/mol. The maximum Gasteiger partial charge on any atom is 0.203 e. The molecule has 5 aromatic rings. The van der Waals surface area contributed by atoms with E-state index in [1.54, 1.807) is 54.4 Å². The molecule has 294 valence electrons. The molecule has 0 saturated carbocycles. The van der Waals surface area contributed by atoms with E-state index in [9.17, 15) is 0 Å². The van der Waals surface area contributed by atoms with Crippen molar-refractivity contribution in [2.45, 2.75) is 36.9 Å². The van der Waals surface area contributed by atoms with Crippen molar-refractivity contribution < 1.29 is 28.4 Å². The molecule has 6 rings (SSSR count). The van der Waals surface area contributed by atoms with E-state index in [0.717, 1.165) is 61.4 Å². The molecular formula is C43H51Cl2N3O6S. The Labute approximate surface area is 342 Å². The van der Waals surface area contributed by atoms with E-state index in [1.807, 2.05) is 30.5 Å². The summed E-state index contributed by atoms with van der Waals surface area (Å²) in [6.45, 7) is 3.58. The van der Waals surface area contributed by atoms with E-state index < -0.39 is 0 Å². The summed E-state index contributed by atoms with van der Waals surface area (Å²) in [5, 5.41) is 0. The van der Waals surface area contributed by atoms with Crippen LogP contribution < -0.4 is 33.3 Å². The SMILES string of the molecule is COc1cc(-c2cc(CN3CCC(N(Cc4ccccc4-c4cc(OC)c(OC)c(OC)c4)c4cccc(SC)c4)CC3)ccn2)cc(OC)c1OC.Cl.Cl. The maximum absolute atomic E-state index is 5.72. The van der Waals surface area contributed by atoms with Crippen molar-refractivity contribution in [2.24, 2.45) is 0 Å². The van der Waals surface area contributed by atoms with Gasteiger partial charge in [0.2, 0.25) is 11.5 Å². The third-order valence-electron chi connectivity index (χ3n) is 9.91. The number of anilines is 1. The molecule has 0 unspecified atom stereocenters. The van der Waals surface area contributed by atoms with Crippen LogP contribution in [-0.4, -0.2) is 77.9 Å². The molecule has 1 aliphatic rings. The zero-order chi connectivity index (χ0) is 37.3. The molecule has 0 bridgehead atoms. The molecule has 1 fully saturated rings. The molecule has 0 amide bonds. The smallest absolute Gasteiger partial charge is 0.203 e. The van der Waals surface area contributed by atoms with E-state index in [4.69, 9.17) is 28.4 Å². The molecule has 0 spiro atoms. The Morgan fingerprint density at radius 2 is 1.25 bits per heavy atom. The van der Waals surface area contributed by atoms with E-state index in [2.05, 4.69) is 81.7 Å². The Balaban J connectivity index is 0.00000336. The molecule has 55 heavy (non-hydrogen) atoms. The highest BCUT2D eigenvalue weighted by atomic mass is 35.5. The van der Waals surface area contributed by atoms with Crippen LogP contribution in [0.25, 0.3) is 22.4 Å². The number of hydrogen-bond donors (Lipinski definition) is 0. The fraction of sp³-hybridized carbons (Fsp3) is 0.326. The van der Waals surface area contributed by atoms with Crippen molar-refractivity contribution in [3.05, 3.63) is 102 Å². The Morgan fingerprint density at radius 3 is 1.82 bits per heavy atom. The van der Waals surface area contributed by atoms with Gasteiger partial charge in [0.25, 0.3) is 0 Å². The molecule has 1 aliphatic heterocycles. The van der Waals surface area contributed by atoms with Crippen LogP contribution in [0.4, 0.5) is 5.69 Å². The predicted octanol–water partition coefficient (Wildman–Crippen LogP) is 9.70. The van der Waals surface area contributed by atoms with Crippen LogP contribution in [0.3, 0.4) is 0 Å². The number of likely N-dealkylation sites (tertiary alicyclic amines) is 1. The zero-order valence-corrected chi connectivity index (χ0v) is 34.9. The monoisotopic (exact) mass is 807 g/mol. The van der Waals surface area contributed by atoms with Gasteiger partial charge in [-0.25, -0.2) is 0 Å². The highest BCUT2D eigenvalue weighted by molar-refractivity contribution is 7.98. The minimum atomic E-state index is 0. The molecule has 0 N–H and O–H groups in total. The highest BCUT2D eigenvalue weighted by Gasteiger charge is 2.27. The number of halogens is 2. The van der Waals surface area contributed by atoms with Crippen molar-refractivity contribution in [1.82, 2.24) is 9.88 Å². The summed E-state index contributed by atoms with van der Waals surface area (Å²) >= 11 is 1.77. The lowest BCUT2D eigenvalue weighted by atomic mass is 9.96. The van der Waals surface area contributed by atoms with Gasteiger partial charge in [0.05, 0.1) is 48.4 Å². The fourth-order valence-corrected chi connectivity index (χ4v) is 7.64. The zero-order valence-electron chi connectivity index (χ0n) is 32.5. The number of piperidine rings is 1. The van der Waals surface area contributed by atoms with Gasteiger partial charge in [0.15, 0.2) is 23.0 Å². The first kappa shape index (κ1) is 43.3. The number of methoxy groups -OCH3 is 6. The number of nitrogens with zero attached hydrogens (tertiary/aromatic N) is 3. The Bertz CT molecular complexity index is 1960. The first-order valence-corrected chi connectivity index (χ1v) is 18.9. The first-order chi connectivity index (χ1) is 25.9. The average molecular weight is 809 g/mol. The standard InChI is InChI=1S/C43H49N3O6S.2ClH/c1-47-38-22-31(23-39(48-2)42(38)51-5)36-14-9-8-11-30(36)28-46(34-12-10-13-35(26-34)53-7)33-16-19-45(20-17-33)27-29-15-18-44-37(21-29)32-24-40(49-3)43(52-6)41(25-32)50-4;;/h8-15,18,21-26,33H,16-17,19-20,27-28H2,1-7H3;2*1H. The molecule has 2 heterocycles.